The molecule has 0 radical (unpaired) electrons. The summed E-state index contributed by atoms with van der Waals surface area (Å²) in [5, 5.41) is 6.44. The van der Waals surface area contributed by atoms with Gasteiger partial charge in [0.25, 0.3) is 5.92 Å². The second-order valence-corrected chi connectivity index (χ2v) is 15.8. The summed E-state index contributed by atoms with van der Waals surface area (Å²) in [5.74, 6) is -3.03. The number of ether oxygens (including phenoxy) is 2. The van der Waals surface area contributed by atoms with Gasteiger partial charge in [-0.2, -0.15) is 8.78 Å². The zero-order valence-corrected chi connectivity index (χ0v) is 31.1. The Labute approximate surface area is 316 Å². The molecule has 55 heavy (non-hydrogen) atoms. The smallest absolute Gasteiger partial charge is 0.407 e. The number of imidazole rings is 1. The molecular weight excluding hydrogens is 708 g/mol. The summed E-state index contributed by atoms with van der Waals surface area (Å²) >= 11 is 0. The second kappa shape index (κ2) is 12.7. The number of alkyl halides is 2. The average molecular weight is 752 g/mol. The van der Waals surface area contributed by atoms with Gasteiger partial charge in [0, 0.05) is 52.2 Å². The van der Waals surface area contributed by atoms with Gasteiger partial charge in [-0.15, -0.1) is 0 Å². The number of H-pyrrole nitrogens is 2. The average Bonchev–Trinajstić information content (AvgIpc) is 3.79. The van der Waals surface area contributed by atoms with E-state index in [4.69, 9.17) is 9.47 Å². The van der Waals surface area contributed by atoms with Gasteiger partial charge >= 0.3 is 12.2 Å². The Morgan fingerprint density at radius 2 is 1.65 bits per heavy atom. The molecule has 4 N–H and O–H groups in total. The first-order chi connectivity index (χ1) is 26.4. The van der Waals surface area contributed by atoms with Crippen molar-refractivity contribution in [1.82, 2.24) is 35.1 Å². The number of halogens is 2. The molecule has 2 aliphatic heterocycles. The quantitative estimate of drug-likeness (QED) is 0.130. The number of methoxy groups -OCH3 is 2. The number of alkyl carbamates (subject to hydrolysis) is 2. The van der Waals surface area contributed by atoms with Gasteiger partial charge in [-0.3, -0.25) is 4.79 Å². The van der Waals surface area contributed by atoms with Crippen molar-refractivity contribution >= 4 is 29.0 Å². The summed E-state index contributed by atoms with van der Waals surface area (Å²) in [6.07, 6.45) is 5.10. The molecule has 5 heterocycles. The molecule has 3 amide bonds. The van der Waals surface area contributed by atoms with Crippen LogP contribution in [0.15, 0.2) is 48.7 Å². The monoisotopic (exact) mass is 751 g/mol. The fourth-order valence-corrected chi connectivity index (χ4v) is 9.02. The highest BCUT2D eigenvalue weighted by atomic mass is 19.3. The largest absolute Gasteiger partial charge is 0.453 e. The lowest BCUT2D eigenvalue weighted by Gasteiger charge is -2.30. The van der Waals surface area contributed by atoms with Crippen LogP contribution in [0.4, 0.5) is 18.4 Å². The molecule has 12 nitrogen and oxygen atoms in total. The van der Waals surface area contributed by atoms with Crippen LogP contribution >= 0.6 is 0 Å². The first-order valence-electron chi connectivity index (χ1n) is 18.8. The van der Waals surface area contributed by atoms with Crippen LogP contribution < -0.4 is 10.6 Å². The number of aromatic amines is 2. The summed E-state index contributed by atoms with van der Waals surface area (Å²) < 4.78 is 44.7. The van der Waals surface area contributed by atoms with E-state index in [0.717, 1.165) is 66.6 Å². The van der Waals surface area contributed by atoms with Gasteiger partial charge in [0.2, 0.25) is 5.91 Å². The van der Waals surface area contributed by atoms with E-state index in [-0.39, 0.29) is 34.4 Å². The normalized spacial score (nSPS) is 19.0. The lowest BCUT2D eigenvalue weighted by Crippen LogP contribution is -2.51. The lowest BCUT2D eigenvalue weighted by molar-refractivity contribution is -0.135. The molecule has 2 unspecified atom stereocenters. The third kappa shape index (κ3) is 5.67. The van der Waals surface area contributed by atoms with Crippen LogP contribution in [-0.4, -0.2) is 69.3 Å². The molecule has 1 spiro atoms. The van der Waals surface area contributed by atoms with E-state index in [9.17, 15) is 14.4 Å². The van der Waals surface area contributed by atoms with Crippen molar-refractivity contribution < 1.29 is 32.6 Å². The number of aryl methyl sites for hydroxylation is 1. The number of fused-ring (bicyclic) bond motifs is 6. The van der Waals surface area contributed by atoms with Gasteiger partial charge in [0.15, 0.2) is 0 Å². The SMILES string of the molecule is COC(=O)NCc1c2cc(-c3ccc4c(c3)C(F)(F)c3cc(-c5cnc(C6CC7(CC7)CN6C(=O)C(NC(=O)OC)C(C)C)[nH]5)ccc3-4)[nH]c2c2n1CCC2. The number of likely N-dealkylation sites (tertiary alicyclic amines) is 1. The van der Waals surface area contributed by atoms with E-state index < -0.39 is 24.2 Å². The summed E-state index contributed by atoms with van der Waals surface area (Å²) in [6, 6.07) is 11.2. The Balaban J connectivity index is 0.993. The molecule has 0 bridgehead atoms. The Hall–Kier alpha value is -5.66. The van der Waals surface area contributed by atoms with Crippen molar-refractivity contribution in [2.24, 2.45) is 11.3 Å². The van der Waals surface area contributed by atoms with Gasteiger partial charge in [-0.1, -0.05) is 38.1 Å². The summed E-state index contributed by atoms with van der Waals surface area (Å²) in [7, 11) is 2.60. The third-order valence-electron chi connectivity index (χ3n) is 12.1. The highest BCUT2D eigenvalue weighted by Crippen LogP contribution is 2.58. The van der Waals surface area contributed by atoms with E-state index in [1.807, 2.05) is 32.0 Å². The van der Waals surface area contributed by atoms with E-state index in [1.54, 1.807) is 29.3 Å². The molecule has 4 aliphatic rings. The standard InChI is InChI=1S/C41H43F2N7O5/c1-21(2)34(48-39(53)55-4)37(51)50-20-40(11-12-40)17-32(50)36-44-18-30(47-36)23-8-10-25-24-9-7-22(14-27(24)41(42,43)28(25)15-23)29-16-26-33(19-45-38(52)54-3)49-13-5-6-31(49)35(26)46-29/h7-10,14-16,18,21,32,34,46H,5-6,11-13,17,19-20H2,1-4H3,(H,44,47)(H,45,52)(H,48,53). The number of aromatic nitrogens is 4. The minimum absolute atomic E-state index is 0.0263. The van der Waals surface area contributed by atoms with Crippen LogP contribution in [-0.2, 0) is 39.7 Å². The number of hydrogen-bond donors (Lipinski definition) is 4. The highest BCUT2D eigenvalue weighted by Gasteiger charge is 2.55. The van der Waals surface area contributed by atoms with Crippen molar-refractivity contribution in [3.05, 3.63) is 77.0 Å². The number of benzene rings is 2. The Bertz CT molecular complexity index is 2390. The Morgan fingerprint density at radius 1 is 0.964 bits per heavy atom. The van der Waals surface area contributed by atoms with E-state index >= 15 is 8.78 Å². The zero-order valence-electron chi connectivity index (χ0n) is 31.1. The van der Waals surface area contributed by atoms with Gasteiger partial charge in [-0.25, -0.2) is 14.6 Å². The van der Waals surface area contributed by atoms with Gasteiger partial charge in [-0.05, 0) is 78.3 Å². The molecule has 3 aromatic heterocycles. The maximum atomic E-state index is 16.5. The predicted octanol–water partition coefficient (Wildman–Crippen LogP) is 7.38. The molecule has 9 rings (SSSR count). The van der Waals surface area contributed by atoms with E-state index in [2.05, 4.69) is 30.2 Å². The Kier molecular flexibility index (Phi) is 8.10. The molecule has 286 valence electrons. The summed E-state index contributed by atoms with van der Waals surface area (Å²) in [6.45, 7) is 5.47. The maximum absolute atomic E-state index is 16.5. The number of carbonyl (C=O) groups excluding carboxylic acids is 3. The minimum atomic E-state index is -3.25. The van der Waals surface area contributed by atoms with Crippen LogP contribution in [0.1, 0.15) is 73.9 Å². The summed E-state index contributed by atoms with van der Waals surface area (Å²) in [5.41, 5.74) is 6.44. The van der Waals surface area contributed by atoms with Crippen LogP contribution in [0, 0.1) is 11.3 Å². The molecule has 2 aromatic carbocycles. The zero-order chi connectivity index (χ0) is 38.4. The van der Waals surface area contributed by atoms with Gasteiger partial charge in [0.05, 0.1) is 44.2 Å². The van der Waals surface area contributed by atoms with Crippen LogP contribution in [0.25, 0.3) is 44.5 Å². The lowest BCUT2D eigenvalue weighted by atomic mass is 10.0. The molecule has 14 heteroatoms. The molecule has 2 atom stereocenters. The predicted molar refractivity (Wildman–Crippen MR) is 200 cm³/mol. The van der Waals surface area contributed by atoms with Crippen molar-refractivity contribution in [3.8, 4) is 33.6 Å². The van der Waals surface area contributed by atoms with Crippen LogP contribution in [0.2, 0.25) is 0 Å². The first kappa shape index (κ1) is 35.1. The number of rotatable bonds is 8. The topological polar surface area (TPSA) is 146 Å². The van der Waals surface area contributed by atoms with E-state index in [0.29, 0.717) is 46.9 Å². The number of carbonyl (C=O) groups is 3. The summed E-state index contributed by atoms with van der Waals surface area (Å²) in [4.78, 5) is 51.2. The maximum Gasteiger partial charge on any atom is 0.407 e. The van der Waals surface area contributed by atoms with Crippen molar-refractivity contribution in [1.29, 1.82) is 0 Å². The van der Waals surface area contributed by atoms with Crippen molar-refractivity contribution in [2.45, 2.75) is 77.0 Å². The number of hydrogen-bond acceptors (Lipinski definition) is 6. The fraction of sp³-hybridized carbons (Fsp3) is 0.415. The van der Waals surface area contributed by atoms with E-state index in [1.165, 1.54) is 20.3 Å². The fourth-order valence-electron chi connectivity index (χ4n) is 9.02. The molecule has 2 fully saturated rings. The second-order valence-electron chi connectivity index (χ2n) is 15.8. The minimum Gasteiger partial charge on any atom is -0.453 e. The molecule has 2 aliphatic carbocycles. The van der Waals surface area contributed by atoms with Crippen LogP contribution in [0.3, 0.4) is 0 Å². The number of nitrogens with one attached hydrogen (secondary N) is 4. The highest BCUT2D eigenvalue weighted by molar-refractivity contribution is 5.93. The Morgan fingerprint density at radius 3 is 2.31 bits per heavy atom. The van der Waals surface area contributed by atoms with Crippen molar-refractivity contribution in [3.63, 3.8) is 0 Å². The van der Waals surface area contributed by atoms with Crippen molar-refractivity contribution in [2.75, 3.05) is 20.8 Å². The molecule has 1 saturated heterocycles. The van der Waals surface area contributed by atoms with Gasteiger partial charge < -0.3 is 39.5 Å². The first-order valence-corrected chi connectivity index (χ1v) is 18.8. The number of nitrogens with zero attached hydrogens (tertiary/aromatic N) is 3. The number of amides is 3. The molecule has 1 saturated carbocycles. The molecular formula is C41H43F2N7O5. The molecule has 5 aromatic rings. The van der Waals surface area contributed by atoms with Gasteiger partial charge in [0.1, 0.15) is 11.9 Å². The third-order valence-corrected chi connectivity index (χ3v) is 12.1. The van der Waals surface area contributed by atoms with Crippen LogP contribution in [0.5, 0.6) is 0 Å².